The zero-order chi connectivity index (χ0) is 10.8. The van der Waals surface area contributed by atoms with Crippen LogP contribution in [0.3, 0.4) is 0 Å². The van der Waals surface area contributed by atoms with E-state index in [1.807, 2.05) is 6.07 Å². The summed E-state index contributed by atoms with van der Waals surface area (Å²) < 4.78 is 14.5. The SMILES string of the molecule is Cn1nc(Cc2cccc(F)c2)cc1N. The van der Waals surface area contributed by atoms with Crippen molar-refractivity contribution in [3.8, 4) is 0 Å². The van der Waals surface area contributed by atoms with Gasteiger partial charge in [0.1, 0.15) is 11.6 Å². The average Bonchev–Trinajstić information content (AvgIpc) is 2.45. The zero-order valence-electron chi connectivity index (χ0n) is 8.44. The molecule has 2 N–H and O–H groups in total. The fourth-order valence-electron chi connectivity index (χ4n) is 1.49. The summed E-state index contributed by atoms with van der Waals surface area (Å²) in [4.78, 5) is 0. The maximum atomic E-state index is 12.9. The third kappa shape index (κ3) is 2.15. The Morgan fingerprint density at radius 3 is 2.80 bits per heavy atom. The Balaban J connectivity index is 2.22. The minimum atomic E-state index is -0.226. The molecule has 0 bridgehead atoms. The second-order valence-electron chi connectivity index (χ2n) is 3.49. The van der Waals surface area contributed by atoms with Gasteiger partial charge in [0.2, 0.25) is 0 Å². The van der Waals surface area contributed by atoms with Crippen molar-refractivity contribution in [2.45, 2.75) is 6.42 Å². The van der Waals surface area contributed by atoms with Gasteiger partial charge in [-0.3, -0.25) is 4.68 Å². The molecule has 3 nitrogen and oxygen atoms in total. The highest BCUT2D eigenvalue weighted by Crippen LogP contribution is 2.11. The lowest BCUT2D eigenvalue weighted by atomic mass is 10.1. The molecule has 15 heavy (non-hydrogen) atoms. The van der Waals surface area contributed by atoms with Crippen molar-refractivity contribution in [3.05, 3.63) is 47.4 Å². The Kier molecular flexibility index (Phi) is 2.41. The summed E-state index contributed by atoms with van der Waals surface area (Å²) in [6.07, 6.45) is 0.600. The van der Waals surface area contributed by atoms with Crippen LogP contribution in [0, 0.1) is 5.82 Å². The van der Waals surface area contributed by atoms with Gasteiger partial charge in [-0.05, 0) is 17.7 Å². The predicted molar refractivity (Wildman–Crippen MR) is 56.8 cm³/mol. The number of nitrogens with zero attached hydrogens (tertiary/aromatic N) is 2. The number of nitrogens with two attached hydrogens (primary N) is 1. The van der Waals surface area contributed by atoms with Gasteiger partial charge in [0, 0.05) is 19.5 Å². The summed E-state index contributed by atoms with van der Waals surface area (Å²) in [6, 6.07) is 8.29. The lowest BCUT2D eigenvalue weighted by Crippen LogP contribution is -1.97. The van der Waals surface area contributed by atoms with Crippen LogP contribution in [0.25, 0.3) is 0 Å². The molecule has 1 heterocycles. The summed E-state index contributed by atoms with van der Waals surface area (Å²) >= 11 is 0. The molecular formula is C11H12FN3. The first-order chi connectivity index (χ1) is 7.15. The molecule has 0 spiro atoms. The molecule has 2 aromatic rings. The van der Waals surface area contributed by atoms with Gasteiger partial charge in [0.05, 0.1) is 5.69 Å². The molecule has 78 valence electrons. The summed E-state index contributed by atoms with van der Waals surface area (Å²) in [5.74, 6) is 0.387. The van der Waals surface area contributed by atoms with Crippen molar-refractivity contribution in [3.63, 3.8) is 0 Å². The van der Waals surface area contributed by atoms with Crippen molar-refractivity contribution in [2.75, 3.05) is 5.73 Å². The predicted octanol–water partition coefficient (Wildman–Crippen LogP) is 1.73. The molecule has 0 amide bonds. The highest BCUT2D eigenvalue weighted by Gasteiger charge is 2.03. The Labute approximate surface area is 87.3 Å². The molecule has 0 unspecified atom stereocenters. The highest BCUT2D eigenvalue weighted by molar-refractivity contribution is 5.33. The third-order valence-corrected chi connectivity index (χ3v) is 2.24. The van der Waals surface area contributed by atoms with Crippen molar-refractivity contribution < 1.29 is 4.39 Å². The van der Waals surface area contributed by atoms with Gasteiger partial charge in [-0.15, -0.1) is 0 Å². The first kappa shape index (κ1) is 9.71. The third-order valence-electron chi connectivity index (χ3n) is 2.24. The molecule has 0 aliphatic carbocycles. The molecule has 2 rings (SSSR count). The minimum Gasteiger partial charge on any atom is -0.384 e. The van der Waals surface area contributed by atoms with Crippen LogP contribution in [-0.2, 0) is 13.5 Å². The Morgan fingerprint density at radius 2 is 2.20 bits per heavy atom. The van der Waals surface area contributed by atoms with Gasteiger partial charge in [-0.25, -0.2) is 4.39 Å². The average molecular weight is 205 g/mol. The molecule has 4 heteroatoms. The summed E-state index contributed by atoms with van der Waals surface area (Å²) in [6.45, 7) is 0. The van der Waals surface area contributed by atoms with Crippen LogP contribution < -0.4 is 5.73 Å². The Morgan fingerprint density at radius 1 is 1.40 bits per heavy atom. The normalized spacial score (nSPS) is 10.5. The number of aryl methyl sites for hydroxylation is 1. The van der Waals surface area contributed by atoms with E-state index in [-0.39, 0.29) is 5.82 Å². The van der Waals surface area contributed by atoms with Gasteiger partial charge in [0.25, 0.3) is 0 Å². The topological polar surface area (TPSA) is 43.8 Å². The van der Waals surface area contributed by atoms with Crippen LogP contribution in [0.2, 0.25) is 0 Å². The van der Waals surface area contributed by atoms with Crippen LogP contribution in [0.5, 0.6) is 0 Å². The number of hydrogen-bond acceptors (Lipinski definition) is 2. The van der Waals surface area contributed by atoms with Crippen molar-refractivity contribution in [1.29, 1.82) is 0 Å². The second-order valence-corrected chi connectivity index (χ2v) is 3.49. The number of aromatic nitrogens is 2. The largest absolute Gasteiger partial charge is 0.384 e. The summed E-state index contributed by atoms with van der Waals surface area (Å²) in [5.41, 5.74) is 7.39. The van der Waals surface area contributed by atoms with E-state index < -0.39 is 0 Å². The molecule has 1 aromatic carbocycles. The molecule has 0 fully saturated rings. The molecule has 0 aliphatic heterocycles. The molecule has 0 atom stereocenters. The van der Waals surface area contributed by atoms with Gasteiger partial charge in [-0.2, -0.15) is 5.10 Å². The highest BCUT2D eigenvalue weighted by atomic mass is 19.1. The van der Waals surface area contributed by atoms with Crippen molar-refractivity contribution in [2.24, 2.45) is 7.05 Å². The van der Waals surface area contributed by atoms with E-state index in [1.165, 1.54) is 12.1 Å². The second kappa shape index (κ2) is 3.73. The van der Waals surface area contributed by atoms with Crippen molar-refractivity contribution in [1.82, 2.24) is 9.78 Å². The summed E-state index contributed by atoms with van der Waals surface area (Å²) in [7, 11) is 1.78. The molecular weight excluding hydrogens is 193 g/mol. The van der Waals surface area contributed by atoms with Crippen LogP contribution in [0.1, 0.15) is 11.3 Å². The lowest BCUT2D eigenvalue weighted by molar-refractivity contribution is 0.626. The van der Waals surface area contributed by atoms with Gasteiger partial charge < -0.3 is 5.73 Å². The number of benzene rings is 1. The van der Waals surface area contributed by atoms with E-state index >= 15 is 0 Å². The number of halogens is 1. The Hall–Kier alpha value is -1.84. The maximum absolute atomic E-state index is 12.9. The van der Waals surface area contributed by atoms with E-state index in [4.69, 9.17) is 5.73 Å². The fourth-order valence-corrected chi connectivity index (χ4v) is 1.49. The van der Waals surface area contributed by atoms with Crippen molar-refractivity contribution >= 4 is 5.82 Å². The van der Waals surface area contributed by atoms with E-state index in [0.29, 0.717) is 12.2 Å². The zero-order valence-corrected chi connectivity index (χ0v) is 8.44. The number of hydrogen-bond donors (Lipinski definition) is 1. The number of rotatable bonds is 2. The first-order valence-electron chi connectivity index (χ1n) is 4.68. The standard InChI is InChI=1S/C11H12FN3/c1-15-11(13)7-10(14-15)6-8-3-2-4-9(12)5-8/h2-5,7H,6,13H2,1H3. The smallest absolute Gasteiger partial charge is 0.123 e. The van der Waals surface area contributed by atoms with Gasteiger partial charge >= 0.3 is 0 Å². The van der Waals surface area contributed by atoms with E-state index in [0.717, 1.165) is 11.3 Å². The Bertz CT molecular complexity index is 457. The first-order valence-corrected chi connectivity index (χ1v) is 4.68. The van der Waals surface area contributed by atoms with E-state index in [1.54, 1.807) is 23.9 Å². The molecule has 0 saturated heterocycles. The molecule has 0 saturated carbocycles. The van der Waals surface area contributed by atoms with E-state index in [2.05, 4.69) is 5.10 Å². The lowest BCUT2D eigenvalue weighted by Gasteiger charge is -1.97. The van der Waals surface area contributed by atoms with Crippen LogP contribution >= 0.6 is 0 Å². The van der Waals surface area contributed by atoms with Crippen LogP contribution in [-0.4, -0.2) is 9.78 Å². The van der Waals surface area contributed by atoms with Crippen LogP contribution in [0.15, 0.2) is 30.3 Å². The maximum Gasteiger partial charge on any atom is 0.123 e. The van der Waals surface area contributed by atoms with Crippen LogP contribution in [0.4, 0.5) is 10.2 Å². The fraction of sp³-hybridized carbons (Fsp3) is 0.182. The van der Waals surface area contributed by atoms with Gasteiger partial charge in [0.15, 0.2) is 0 Å². The quantitative estimate of drug-likeness (QED) is 0.811. The molecule has 0 aliphatic rings. The minimum absolute atomic E-state index is 0.226. The molecule has 0 radical (unpaired) electrons. The number of anilines is 1. The van der Waals surface area contributed by atoms with Gasteiger partial charge in [-0.1, -0.05) is 12.1 Å². The molecule has 1 aromatic heterocycles. The monoisotopic (exact) mass is 205 g/mol. The number of nitrogen functional groups attached to an aromatic ring is 1. The summed E-state index contributed by atoms with van der Waals surface area (Å²) in [5, 5.41) is 4.20. The van der Waals surface area contributed by atoms with E-state index in [9.17, 15) is 4.39 Å².